The molecule has 3 N–H and O–H groups in total. The van der Waals surface area contributed by atoms with Crippen LogP contribution in [0.15, 0.2) is 23.6 Å². The molecule has 3 rings (SSSR count). The lowest BCUT2D eigenvalue weighted by Crippen LogP contribution is -2.29. The zero-order chi connectivity index (χ0) is 17.1. The molecule has 1 aromatic carbocycles. The Labute approximate surface area is 145 Å². The van der Waals surface area contributed by atoms with Crippen LogP contribution < -0.4 is 15.8 Å². The van der Waals surface area contributed by atoms with Gasteiger partial charge in [0.05, 0.1) is 18.9 Å². The van der Waals surface area contributed by atoms with E-state index in [4.69, 9.17) is 15.2 Å². The Morgan fingerprint density at radius 1 is 1.50 bits per heavy atom. The zero-order valence-corrected chi connectivity index (χ0v) is 14.6. The van der Waals surface area contributed by atoms with E-state index in [0.717, 1.165) is 29.0 Å². The van der Waals surface area contributed by atoms with Gasteiger partial charge in [-0.1, -0.05) is 11.6 Å². The molecule has 0 bridgehead atoms. The smallest absolute Gasteiger partial charge is 0.255 e. The van der Waals surface area contributed by atoms with Crippen molar-refractivity contribution in [2.24, 2.45) is 5.73 Å². The van der Waals surface area contributed by atoms with Gasteiger partial charge in [0.15, 0.2) is 5.13 Å². The highest BCUT2D eigenvalue weighted by molar-refractivity contribution is 7.14. The Hall–Kier alpha value is -1.96. The molecule has 2 aromatic rings. The van der Waals surface area contributed by atoms with Crippen LogP contribution in [-0.4, -0.2) is 36.8 Å². The first-order valence-electron chi connectivity index (χ1n) is 7.87. The van der Waals surface area contributed by atoms with E-state index in [2.05, 4.69) is 10.3 Å². The number of aromatic nitrogens is 1. The average molecular weight is 347 g/mol. The third kappa shape index (κ3) is 3.58. The standard InChI is InChI=1S/C17H21N3O3S/c1-10-3-5-14(22-2)12(7-10)13-9-24-17(19-13)20-16(21)15-6-4-11(8-18)23-15/h3,5,7,9,11,15H,4,6,8,18H2,1-2H3,(H,19,20,21)/t11-,15+/m1/s1. The molecule has 0 saturated carbocycles. The predicted octanol–water partition coefficient (Wildman–Crippen LogP) is 2.57. The van der Waals surface area contributed by atoms with E-state index in [0.29, 0.717) is 18.1 Å². The summed E-state index contributed by atoms with van der Waals surface area (Å²) in [6.07, 6.45) is 1.04. The van der Waals surface area contributed by atoms with Gasteiger partial charge in [-0.2, -0.15) is 0 Å². The number of hydrogen-bond acceptors (Lipinski definition) is 6. The Bertz CT molecular complexity index is 732. The zero-order valence-electron chi connectivity index (χ0n) is 13.7. The third-order valence-corrected chi connectivity index (χ3v) is 4.79. The number of nitrogens with one attached hydrogen (secondary N) is 1. The van der Waals surface area contributed by atoms with Crippen LogP contribution in [0.1, 0.15) is 18.4 Å². The van der Waals surface area contributed by atoms with Crippen LogP contribution in [0.4, 0.5) is 5.13 Å². The van der Waals surface area contributed by atoms with Crippen molar-refractivity contribution in [2.45, 2.75) is 32.0 Å². The molecule has 1 amide bonds. The summed E-state index contributed by atoms with van der Waals surface area (Å²) in [5.41, 5.74) is 8.39. The van der Waals surface area contributed by atoms with Crippen LogP contribution >= 0.6 is 11.3 Å². The number of rotatable bonds is 5. The molecular formula is C17H21N3O3S. The molecule has 2 atom stereocenters. The van der Waals surface area contributed by atoms with Gasteiger partial charge in [0, 0.05) is 17.5 Å². The number of thiazole rings is 1. The van der Waals surface area contributed by atoms with Crippen LogP contribution in [0.3, 0.4) is 0 Å². The van der Waals surface area contributed by atoms with E-state index < -0.39 is 6.10 Å². The molecule has 1 saturated heterocycles. The van der Waals surface area contributed by atoms with E-state index in [1.165, 1.54) is 11.3 Å². The van der Waals surface area contributed by atoms with E-state index in [1.54, 1.807) is 7.11 Å². The van der Waals surface area contributed by atoms with E-state index >= 15 is 0 Å². The van der Waals surface area contributed by atoms with E-state index in [-0.39, 0.29) is 12.0 Å². The molecule has 1 aliphatic heterocycles. The van der Waals surface area contributed by atoms with Gasteiger partial charge in [-0.3, -0.25) is 10.1 Å². The minimum absolute atomic E-state index is 0.0239. The van der Waals surface area contributed by atoms with Gasteiger partial charge in [0.2, 0.25) is 0 Å². The maximum atomic E-state index is 12.3. The van der Waals surface area contributed by atoms with Gasteiger partial charge in [-0.05, 0) is 31.9 Å². The first-order valence-corrected chi connectivity index (χ1v) is 8.75. The molecule has 0 radical (unpaired) electrons. The molecule has 7 heteroatoms. The molecule has 0 aliphatic carbocycles. The van der Waals surface area contributed by atoms with Crippen LogP contribution in [0.25, 0.3) is 11.3 Å². The Morgan fingerprint density at radius 2 is 2.33 bits per heavy atom. The van der Waals surface area contributed by atoms with Gasteiger partial charge in [-0.25, -0.2) is 4.98 Å². The number of carbonyl (C=O) groups excluding carboxylic acids is 1. The number of amides is 1. The van der Waals surface area contributed by atoms with Gasteiger partial charge in [-0.15, -0.1) is 11.3 Å². The van der Waals surface area contributed by atoms with Crippen LogP contribution in [-0.2, 0) is 9.53 Å². The average Bonchev–Trinajstić information content (AvgIpc) is 3.24. The molecule has 6 nitrogen and oxygen atoms in total. The number of anilines is 1. The highest BCUT2D eigenvalue weighted by Gasteiger charge is 2.30. The molecule has 1 aromatic heterocycles. The second kappa shape index (κ2) is 7.29. The van der Waals surface area contributed by atoms with Crippen molar-refractivity contribution < 1.29 is 14.3 Å². The number of nitrogens with two attached hydrogens (primary N) is 1. The number of carbonyl (C=O) groups is 1. The summed E-state index contributed by atoms with van der Waals surface area (Å²) in [6.45, 7) is 2.46. The van der Waals surface area contributed by atoms with Gasteiger partial charge >= 0.3 is 0 Å². The molecule has 2 heterocycles. The van der Waals surface area contributed by atoms with Crippen molar-refractivity contribution in [3.8, 4) is 17.0 Å². The maximum Gasteiger partial charge on any atom is 0.255 e. The van der Waals surface area contributed by atoms with Crippen LogP contribution in [0.2, 0.25) is 0 Å². The minimum Gasteiger partial charge on any atom is -0.496 e. The fraction of sp³-hybridized carbons (Fsp3) is 0.412. The first-order chi connectivity index (χ1) is 11.6. The minimum atomic E-state index is -0.445. The summed E-state index contributed by atoms with van der Waals surface area (Å²) < 4.78 is 11.0. The molecule has 1 aliphatic rings. The second-order valence-corrected chi connectivity index (χ2v) is 6.65. The van der Waals surface area contributed by atoms with Crippen molar-refractivity contribution in [3.63, 3.8) is 0 Å². The van der Waals surface area contributed by atoms with Crippen molar-refractivity contribution in [2.75, 3.05) is 19.0 Å². The number of methoxy groups -OCH3 is 1. The number of benzene rings is 1. The number of hydrogen-bond donors (Lipinski definition) is 2. The normalized spacial score (nSPS) is 20.1. The molecular weight excluding hydrogens is 326 g/mol. The summed E-state index contributed by atoms with van der Waals surface area (Å²) in [5, 5.41) is 5.29. The number of aryl methyl sites for hydroxylation is 1. The summed E-state index contributed by atoms with van der Waals surface area (Å²) in [6, 6.07) is 5.93. The highest BCUT2D eigenvalue weighted by Crippen LogP contribution is 2.33. The fourth-order valence-corrected chi connectivity index (χ4v) is 3.45. The topological polar surface area (TPSA) is 86.5 Å². The van der Waals surface area contributed by atoms with Crippen molar-refractivity contribution in [1.29, 1.82) is 0 Å². The highest BCUT2D eigenvalue weighted by atomic mass is 32.1. The fourth-order valence-electron chi connectivity index (χ4n) is 2.73. The molecule has 0 unspecified atom stereocenters. The SMILES string of the molecule is COc1ccc(C)cc1-c1csc(NC(=O)[C@@H]2CC[C@H](CN)O2)n1. The molecule has 128 valence electrons. The maximum absolute atomic E-state index is 12.3. The lowest BCUT2D eigenvalue weighted by molar-refractivity contribution is -0.126. The van der Waals surface area contributed by atoms with Crippen molar-refractivity contribution in [3.05, 3.63) is 29.1 Å². The van der Waals surface area contributed by atoms with E-state index in [1.807, 2.05) is 30.5 Å². The quantitative estimate of drug-likeness (QED) is 0.868. The van der Waals surface area contributed by atoms with Crippen LogP contribution in [0, 0.1) is 6.92 Å². The summed E-state index contributed by atoms with van der Waals surface area (Å²) >= 11 is 1.38. The Morgan fingerprint density at radius 3 is 3.04 bits per heavy atom. The van der Waals surface area contributed by atoms with Gasteiger partial charge in [0.25, 0.3) is 5.91 Å². The number of nitrogens with zero attached hydrogens (tertiary/aromatic N) is 1. The predicted molar refractivity (Wildman–Crippen MR) is 94.4 cm³/mol. The monoisotopic (exact) mass is 347 g/mol. The molecule has 0 spiro atoms. The third-order valence-electron chi connectivity index (χ3n) is 4.03. The molecule has 1 fully saturated rings. The first kappa shape index (κ1) is 16.9. The lowest BCUT2D eigenvalue weighted by atomic mass is 10.1. The van der Waals surface area contributed by atoms with Crippen molar-refractivity contribution >= 4 is 22.4 Å². The Kier molecular flexibility index (Phi) is 5.13. The van der Waals surface area contributed by atoms with Gasteiger partial charge in [0.1, 0.15) is 11.9 Å². The number of ether oxygens (including phenoxy) is 2. The van der Waals surface area contributed by atoms with Gasteiger partial charge < -0.3 is 15.2 Å². The largest absolute Gasteiger partial charge is 0.496 e. The van der Waals surface area contributed by atoms with Crippen molar-refractivity contribution in [1.82, 2.24) is 4.98 Å². The lowest BCUT2D eigenvalue weighted by Gasteiger charge is -2.11. The summed E-state index contributed by atoms with van der Waals surface area (Å²) in [4.78, 5) is 16.8. The van der Waals surface area contributed by atoms with Crippen LogP contribution in [0.5, 0.6) is 5.75 Å². The Balaban J connectivity index is 1.72. The molecule has 24 heavy (non-hydrogen) atoms. The van der Waals surface area contributed by atoms with E-state index in [9.17, 15) is 4.79 Å². The summed E-state index contributed by atoms with van der Waals surface area (Å²) in [5.74, 6) is 0.594. The summed E-state index contributed by atoms with van der Waals surface area (Å²) in [7, 11) is 1.63. The second-order valence-electron chi connectivity index (χ2n) is 5.79.